The first-order valence-electron chi connectivity index (χ1n) is 7.52. The fourth-order valence-corrected chi connectivity index (χ4v) is 2.17. The Kier molecular flexibility index (Phi) is 6.17. The van der Waals surface area contributed by atoms with Crippen molar-refractivity contribution in [1.82, 2.24) is 5.32 Å². The molecule has 0 saturated heterocycles. The number of para-hydroxylation sites is 1. The van der Waals surface area contributed by atoms with Crippen molar-refractivity contribution in [2.24, 2.45) is 0 Å². The second-order valence-electron chi connectivity index (χ2n) is 4.95. The third kappa shape index (κ3) is 5.47. The maximum atomic E-state index is 12.2. The molecule has 0 fully saturated rings. The summed E-state index contributed by atoms with van der Waals surface area (Å²) in [6.07, 6.45) is -0.411. The summed E-state index contributed by atoms with van der Waals surface area (Å²) in [6.45, 7) is 2.02. The summed E-state index contributed by atoms with van der Waals surface area (Å²) in [4.78, 5) is 23.9. The number of rotatable bonds is 6. The summed E-state index contributed by atoms with van der Waals surface area (Å²) in [5.74, 6) is -0.179. The van der Waals surface area contributed by atoms with Gasteiger partial charge < -0.3 is 15.4 Å². The van der Waals surface area contributed by atoms with Crippen molar-refractivity contribution < 1.29 is 14.3 Å². The molecule has 23 heavy (non-hydrogen) atoms. The molecule has 0 saturated carbocycles. The highest BCUT2D eigenvalue weighted by atomic mass is 16.5. The summed E-state index contributed by atoms with van der Waals surface area (Å²) in [6, 6.07) is 18.1. The lowest BCUT2D eigenvalue weighted by atomic mass is 10.0. The van der Waals surface area contributed by atoms with E-state index < -0.39 is 12.1 Å². The van der Waals surface area contributed by atoms with Crippen LogP contribution in [0.5, 0.6) is 0 Å². The van der Waals surface area contributed by atoms with E-state index in [2.05, 4.69) is 10.6 Å². The van der Waals surface area contributed by atoms with Crippen LogP contribution in [-0.2, 0) is 9.53 Å². The number of hydrogen-bond acceptors (Lipinski definition) is 3. The van der Waals surface area contributed by atoms with Gasteiger partial charge in [-0.05, 0) is 24.6 Å². The highest BCUT2D eigenvalue weighted by Crippen LogP contribution is 2.18. The van der Waals surface area contributed by atoms with Gasteiger partial charge >= 0.3 is 6.09 Å². The average Bonchev–Trinajstić information content (AvgIpc) is 2.56. The highest BCUT2D eigenvalue weighted by molar-refractivity contribution is 5.91. The lowest BCUT2D eigenvalue weighted by Crippen LogP contribution is -2.32. The normalized spacial score (nSPS) is 11.3. The molecule has 2 aromatic carbocycles. The molecule has 5 heteroatoms. The summed E-state index contributed by atoms with van der Waals surface area (Å²) in [7, 11) is 0. The Morgan fingerprint density at radius 3 is 2.22 bits per heavy atom. The third-order valence-electron chi connectivity index (χ3n) is 3.22. The Bertz CT molecular complexity index is 629. The Morgan fingerprint density at radius 2 is 1.61 bits per heavy atom. The van der Waals surface area contributed by atoms with Crippen LogP contribution in [0.15, 0.2) is 60.7 Å². The molecule has 2 amide bonds. The van der Waals surface area contributed by atoms with Crippen LogP contribution < -0.4 is 10.6 Å². The number of carbonyl (C=O) groups excluding carboxylic acids is 2. The average molecular weight is 312 g/mol. The van der Waals surface area contributed by atoms with Gasteiger partial charge in [-0.2, -0.15) is 0 Å². The van der Waals surface area contributed by atoms with Crippen LogP contribution in [-0.4, -0.2) is 18.6 Å². The molecule has 120 valence electrons. The number of benzene rings is 2. The molecule has 0 spiro atoms. The molecule has 0 aliphatic rings. The van der Waals surface area contributed by atoms with Gasteiger partial charge in [0.05, 0.1) is 19.1 Å². The summed E-state index contributed by atoms with van der Waals surface area (Å²) >= 11 is 0. The summed E-state index contributed by atoms with van der Waals surface area (Å²) in [5.41, 5.74) is 1.57. The molecular formula is C18H20N2O3. The fraction of sp³-hybridized carbons (Fsp3) is 0.222. The maximum absolute atomic E-state index is 12.2. The van der Waals surface area contributed by atoms with E-state index in [0.717, 1.165) is 11.3 Å². The molecule has 5 nitrogen and oxygen atoms in total. The summed E-state index contributed by atoms with van der Waals surface area (Å²) < 4.78 is 4.91. The van der Waals surface area contributed by atoms with Crippen molar-refractivity contribution in [1.29, 1.82) is 0 Å². The van der Waals surface area contributed by atoms with E-state index >= 15 is 0 Å². The van der Waals surface area contributed by atoms with Crippen molar-refractivity contribution >= 4 is 17.7 Å². The SMILES string of the molecule is CCOC(=O)N[C@@H](CC(=O)Nc1ccccc1)c1ccccc1. The van der Waals surface area contributed by atoms with Gasteiger partial charge in [0.15, 0.2) is 0 Å². The van der Waals surface area contributed by atoms with Crippen molar-refractivity contribution in [3.63, 3.8) is 0 Å². The topological polar surface area (TPSA) is 67.4 Å². The zero-order valence-electron chi connectivity index (χ0n) is 13.0. The smallest absolute Gasteiger partial charge is 0.407 e. The van der Waals surface area contributed by atoms with E-state index in [1.54, 1.807) is 6.92 Å². The number of amides is 2. The Hall–Kier alpha value is -2.82. The molecule has 0 aromatic heterocycles. The van der Waals surface area contributed by atoms with Gasteiger partial charge in [0.1, 0.15) is 0 Å². The van der Waals surface area contributed by atoms with Crippen LogP contribution in [0.2, 0.25) is 0 Å². The number of hydrogen-bond donors (Lipinski definition) is 2. The van der Waals surface area contributed by atoms with Crippen molar-refractivity contribution in [3.8, 4) is 0 Å². The highest BCUT2D eigenvalue weighted by Gasteiger charge is 2.19. The zero-order chi connectivity index (χ0) is 16.5. The van der Waals surface area contributed by atoms with Crippen LogP contribution in [0, 0.1) is 0 Å². The van der Waals surface area contributed by atoms with E-state index in [9.17, 15) is 9.59 Å². The summed E-state index contributed by atoms with van der Waals surface area (Å²) in [5, 5.41) is 5.55. The molecule has 0 aliphatic heterocycles. The van der Waals surface area contributed by atoms with Crippen molar-refractivity contribution in [3.05, 3.63) is 66.2 Å². The van der Waals surface area contributed by atoms with Gasteiger partial charge in [-0.15, -0.1) is 0 Å². The monoisotopic (exact) mass is 312 g/mol. The van der Waals surface area contributed by atoms with Crippen LogP contribution in [0.25, 0.3) is 0 Å². The predicted octanol–water partition coefficient (Wildman–Crippen LogP) is 3.50. The largest absolute Gasteiger partial charge is 0.450 e. The first-order valence-corrected chi connectivity index (χ1v) is 7.52. The molecule has 0 radical (unpaired) electrons. The zero-order valence-corrected chi connectivity index (χ0v) is 13.0. The van der Waals surface area contributed by atoms with Gasteiger partial charge in [0, 0.05) is 5.69 Å². The third-order valence-corrected chi connectivity index (χ3v) is 3.22. The number of nitrogens with one attached hydrogen (secondary N) is 2. The predicted molar refractivity (Wildman–Crippen MR) is 89.0 cm³/mol. The molecule has 1 atom stereocenters. The van der Waals surface area contributed by atoms with Crippen molar-refractivity contribution in [2.45, 2.75) is 19.4 Å². The molecule has 0 unspecified atom stereocenters. The Morgan fingerprint density at radius 1 is 1.00 bits per heavy atom. The van der Waals surface area contributed by atoms with Crippen molar-refractivity contribution in [2.75, 3.05) is 11.9 Å². The van der Waals surface area contributed by atoms with E-state index in [4.69, 9.17) is 4.74 Å². The van der Waals surface area contributed by atoms with Crippen LogP contribution >= 0.6 is 0 Å². The van der Waals surface area contributed by atoms with E-state index in [1.165, 1.54) is 0 Å². The minimum Gasteiger partial charge on any atom is -0.450 e. The standard InChI is InChI=1S/C18H20N2O3/c1-2-23-18(22)20-16(14-9-5-3-6-10-14)13-17(21)19-15-11-7-4-8-12-15/h3-12,16H,2,13H2,1H3,(H,19,21)(H,20,22)/t16-/m0/s1. The molecular weight excluding hydrogens is 292 g/mol. The minimum absolute atomic E-state index is 0.123. The van der Waals surface area contributed by atoms with Crippen LogP contribution in [0.1, 0.15) is 24.9 Å². The molecule has 2 aromatic rings. The molecule has 0 heterocycles. The molecule has 2 N–H and O–H groups in total. The lowest BCUT2D eigenvalue weighted by molar-refractivity contribution is -0.116. The second-order valence-corrected chi connectivity index (χ2v) is 4.95. The Balaban J connectivity index is 2.04. The quantitative estimate of drug-likeness (QED) is 0.858. The second kappa shape index (κ2) is 8.58. The minimum atomic E-state index is -0.533. The van der Waals surface area contributed by atoms with Gasteiger partial charge in [-0.1, -0.05) is 48.5 Å². The lowest BCUT2D eigenvalue weighted by Gasteiger charge is -2.18. The molecule has 2 rings (SSSR count). The van der Waals surface area contributed by atoms with Gasteiger partial charge in [-0.3, -0.25) is 4.79 Å². The first-order chi connectivity index (χ1) is 11.2. The number of ether oxygens (including phenoxy) is 1. The molecule has 0 bridgehead atoms. The number of carbonyl (C=O) groups is 2. The van der Waals surface area contributed by atoms with Gasteiger partial charge in [-0.25, -0.2) is 4.79 Å². The fourth-order valence-electron chi connectivity index (χ4n) is 2.17. The first kappa shape index (κ1) is 16.5. The van der Waals surface area contributed by atoms with Crippen LogP contribution in [0.4, 0.5) is 10.5 Å². The van der Waals surface area contributed by atoms with E-state index in [0.29, 0.717) is 0 Å². The van der Waals surface area contributed by atoms with Crippen LogP contribution in [0.3, 0.4) is 0 Å². The number of alkyl carbamates (subject to hydrolysis) is 1. The van der Waals surface area contributed by atoms with E-state index in [-0.39, 0.29) is 18.9 Å². The molecule has 0 aliphatic carbocycles. The number of anilines is 1. The van der Waals surface area contributed by atoms with Gasteiger partial charge in [0.25, 0.3) is 0 Å². The van der Waals surface area contributed by atoms with Gasteiger partial charge in [0.2, 0.25) is 5.91 Å². The Labute approximate surface area is 135 Å². The maximum Gasteiger partial charge on any atom is 0.407 e. The van der Waals surface area contributed by atoms with E-state index in [1.807, 2.05) is 60.7 Å².